The molecule has 0 atom stereocenters. The number of halogens is 1. The lowest BCUT2D eigenvalue weighted by molar-refractivity contribution is 0.397. The first-order chi connectivity index (χ1) is 7.27. The molecule has 0 radical (unpaired) electrons. The Morgan fingerprint density at radius 3 is 2.12 bits per heavy atom. The first-order valence-corrected chi connectivity index (χ1v) is 6.44. The van der Waals surface area contributed by atoms with Gasteiger partial charge in [-0.2, -0.15) is 0 Å². The number of hydrogen-bond acceptors (Lipinski definition) is 1. The third kappa shape index (κ3) is 2.79. The van der Waals surface area contributed by atoms with Crippen molar-refractivity contribution in [3.05, 3.63) is 27.7 Å². The summed E-state index contributed by atoms with van der Waals surface area (Å²) < 4.78 is 6.59. The van der Waals surface area contributed by atoms with Gasteiger partial charge in [0.2, 0.25) is 0 Å². The molecule has 0 spiro atoms. The lowest BCUT2D eigenvalue weighted by atomic mass is 9.84. The lowest BCUT2D eigenvalue weighted by Crippen LogP contribution is -2.13. The number of rotatable bonds is 2. The van der Waals surface area contributed by atoms with Crippen molar-refractivity contribution in [3.8, 4) is 5.75 Å². The molecule has 90 valence electrons. The fourth-order valence-corrected chi connectivity index (χ4v) is 2.55. The summed E-state index contributed by atoms with van der Waals surface area (Å²) in [7, 11) is 1.73. The summed E-state index contributed by atoms with van der Waals surface area (Å²) in [6.07, 6.45) is 0. The summed E-state index contributed by atoms with van der Waals surface area (Å²) in [4.78, 5) is 0. The molecule has 0 aliphatic heterocycles. The van der Waals surface area contributed by atoms with Crippen LogP contribution in [-0.4, -0.2) is 7.11 Å². The molecule has 16 heavy (non-hydrogen) atoms. The zero-order valence-corrected chi connectivity index (χ0v) is 12.6. The van der Waals surface area contributed by atoms with Gasteiger partial charge in [-0.3, -0.25) is 0 Å². The minimum Gasteiger partial charge on any atom is -0.496 e. The Kier molecular flexibility index (Phi) is 4.06. The topological polar surface area (TPSA) is 9.23 Å². The largest absolute Gasteiger partial charge is 0.496 e. The second-order valence-corrected chi connectivity index (χ2v) is 6.33. The molecule has 1 nitrogen and oxygen atoms in total. The average molecular weight is 285 g/mol. The van der Waals surface area contributed by atoms with Crippen LogP contribution in [0.4, 0.5) is 0 Å². The van der Waals surface area contributed by atoms with Gasteiger partial charge in [-0.15, -0.1) is 0 Å². The Labute approximate surface area is 107 Å². The quantitative estimate of drug-likeness (QED) is 0.752. The molecule has 1 aromatic rings. The number of ether oxygens (including phenoxy) is 1. The highest BCUT2D eigenvalue weighted by Gasteiger charge is 2.21. The van der Waals surface area contributed by atoms with Crippen molar-refractivity contribution in [1.82, 2.24) is 0 Å². The van der Waals surface area contributed by atoms with E-state index in [1.165, 1.54) is 11.1 Å². The van der Waals surface area contributed by atoms with Crippen molar-refractivity contribution >= 4 is 15.9 Å². The molecule has 1 rings (SSSR count). The summed E-state index contributed by atoms with van der Waals surface area (Å²) in [6, 6.07) is 4.34. The molecule has 0 saturated heterocycles. The maximum absolute atomic E-state index is 5.46. The van der Waals surface area contributed by atoms with E-state index >= 15 is 0 Å². The van der Waals surface area contributed by atoms with E-state index in [2.05, 4.69) is 62.7 Å². The average Bonchev–Trinajstić information content (AvgIpc) is 2.14. The van der Waals surface area contributed by atoms with Gasteiger partial charge in [-0.25, -0.2) is 0 Å². The molecule has 0 amide bonds. The lowest BCUT2D eigenvalue weighted by Gasteiger charge is -2.24. The van der Waals surface area contributed by atoms with E-state index in [1.807, 2.05) is 0 Å². The fraction of sp³-hybridized carbons (Fsp3) is 0.571. The van der Waals surface area contributed by atoms with Gasteiger partial charge in [0.1, 0.15) is 5.75 Å². The van der Waals surface area contributed by atoms with Crippen LogP contribution in [0.5, 0.6) is 5.75 Å². The van der Waals surface area contributed by atoms with E-state index in [-0.39, 0.29) is 5.41 Å². The molecule has 0 unspecified atom stereocenters. The molecule has 0 aliphatic rings. The van der Waals surface area contributed by atoms with Crippen molar-refractivity contribution in [2.45, 2.75) is 46.0 Å². The highest BCUT2D eigenvalue weighted by molar-refractivity contribution is 9.10. The molecule has 0 aromatic heterocycles. The molecule has 0 N–H and O–H groups in total. The summed E-state index contributed by atoms with van der Waals surface area (Å²) >= 11 is 3.61. The third-order valence-electron chi connectivity index (χ3n) is 2.75. The van der Waals surface area contributed by atoms with Crippen LogP contribution in [0, 0.1) is 0 Å². The Bertz CT molecular complexity index is 375. The SMILES string of the molecule is COc1cc(Br)c(C(C)C)cc1C(C)(C)C. The van der Waals surface area contributed by atoms with Crippen LogP contribution in [0.1, 0.15) is 51.7 Å². The van der Waals surface area contributed by atoms with Crippen LogP contribution in [0.25, 0.3) is 0 Å². The van der Waals surface area contributed by atoms with Crippen LogP contribution in [0.2, 0.25) is 0 Å². The molecule has 0 heterocycles. The van der Waals surface area contributed by atoms with Gasteiger partial charge in [0.15, 0.2) is 0 Å². The normalized spacial score (nSPS) is 12.0. The summed E-state index contributed by atoms with van der Waals surface area (Å²) in [5.41, 5.74) is 2.71. The maximum atomic E-state index is 5.46. The minimum atomic E-state index is 0.107. The molecule has 0 bridgehead atoms. The van der Waals surface area contributed by atoms with Crippen molar-refractivity contribution in [2.75, 3.05) is 7.11 Å². The van der Waals surface area contributed by atoms with Gasteiger partial charge in [0.05, 0.1) is 7.11 Å². The van der Waals surface area contributed by atoms with Gasteiger partial charge < -0.3 is 4.74 Å². The maximum Gasteiger partial charge on any atom is 0.123 e. The van der Waals surface area contributed by atoms with E-state index in [1.54, 1.807) is 7.11 Å². The molecule has 0 aliphatic carbocycles. The Morgan fingerprint density at radius 2 is 1.75 bits per heavy atom. The highest BCUT2D eigenvalue weighted by Crippen LogP contribution is 2.37. The second-order valence-electron chi connectivity index (χ2n) is 5.48. The monoisotopic (exact) mass is 284 g/mol. The molecule has 1 aromatic carbocycles. The third-order valence-corrected chi connectivity index (χ3v) is 3.44. The summed E-state index contributed by atoms with van der Waals surface area (Å²) in [6.45, 7) is 11.0. The van der Waals surface area contributed by atoms with E-state index in [9.17, 15) is 0 Å². The van der Waals surface area contributed by atoms with Crippen molar-refractivity contribution in [1.29, 1.82) is 0 Å². The van der Waals surface area contributed by atoms with Gasteiger partial charge in [0, 0.05) is 4.47 Å². The zero-order valence-electron chi connectivity index (χ0n) is 11.0. The minimum absolute atomic E-state index is 0.107. The van der Waals surface area contributed by atoms with Crippen LogP contribution in [-0.2, 0) is 5.41 Å². The van der Waals surface area contributed by atoms with Crippen molar-refractivity contribution in [3.63, 3.8) is 0 Å². The number of hydrogen-bond donors (Lipinski definition) is 0. The van der Waals surface area contributed by atoms with Crippen LogP contribution in [0.3, 0.4) is 0 Å². The molecule has 0 saturated carbocycles. The van der Waals surface area contributed by atoms with E-state index < -0.39 is 0 Å². The predicted molar refractivity (Wildman–Crippen MR) is 73.5 cm³/mol. The smallest absolute Gasteiger partial charge is 0.123 e. The first kappa shape index (κ1) is 13.6. The Morgan fingerprint density at radius 1 is 1.19 bits per heavy atom. The Balaban J connectivity index is 3.41. The molecular formula is C14H21BrO. The first-order valence-electron chi connectivity index (χ1n) is 5.65. The van der Waals surface area contributed by atoms with Gasteiger partial charge in [-0.1, -0.05) is 56.6 Å². The Hall–Kier alpha value is -0.500. The predicted octanol–water partition coefficient (Wildman–Crippen LogP) is 4.88. The number of benzene rings is 1. The van der Waals surface area contributed by atoms with E-state index in [4.69, 9.17) is 4.74 Å². The molecule has 0 fully saturated rings. The van der Waals surface area contributed by atoms with Crippen LogP contribution >= 0.6 is 15.9 Å². The molecular weight excluding hydrogens is 264 g/mol. The summed E-state index contributed by atoms with van der Waals surface area (Å²) in [5.74, 6) is 1.48. The fourth-order valence-electron chi connectivity index (χ4n) is 1.77. The van der Waals surface area contributed by atoms with Gasteiger partial charge in [0.25, 0.3) is 0 Å². The molecule has 2 heteroatoms. The van der Waals surface area contributed by atoms with Gasteiger partial charge >= 0.3 is 0 Å². The number of methoxy groups -OCH3 is 1. The van der Waals surface area contributed by atoms with Crippen molar-refractivity contribution < 1.29 is 4.74 Å². The van der Waals surface area contributed by atoms with Gasteiger partial charge in [-0.05, 0) is 28.5 Å². The second kappa shape index (κ2) is 4.79. The van der Waals surface area contributed by atoms with Crippen LogP contribution in [0.15, 0.2) is 16.6 Å². The zero-order chi connectivity index (χ0) is 12.5. The summed E-state index contributed by atoms with van der Waals surface area (Å²) in [5, 5.41) is 0. The van der Waals surface area contributed by atoms with E-state index in [0.717, 1.165) is 10.2 Å². The van der Waals surface area contributed by atoms with Crippen molar-refractivity contribution in [2.24, 2.45) is 0 Å². The standard InChI is InChI=1S/C14H21BrO/c1-9(2)10-7-11(14(3,4)5)13(16-6)8-12(10)15/h7-9H,1-6H3. The van der Waals surface area contributed by atoms with E-state index in [0.29, 0.717) is 5.92 Å². The highest BCUT2D eigenvalue weighted by atomic mass is 79.9. The van der Waals surface area contributed by atoms with Crippen LogP contribution < -0.4 is 4.74 Å².